The maximum atomic E-state index is 12.3. The average molecular weight is 309 g/mol. The highest BCUT2D eigenvalue weighted by Crippen LogP contribution is 2.28. The van der Waals surface area contributed by atoms with Gasteiger partial charge in [0.1, 0.15) is 0 Å². The van der Waals surface area contributed by atoms with Gasteiger partial charge in [-0.15, -0.1) is 11.3 Å². The molecule has 1 nitrogen and oxygen atoms in total. The Kier molecular flexibility index (Phi) is 3.50. The Balaban J connectivity index is 2.43. The van der Waals surface area contributed by atoms with E-state index in [2.05, 4.69) is 15.9 Å². The average Bonchev–Trinajstić information content (AvgIpc) is 2.58. The molecule has 0 aliphatic carbocycles. The summed E-state index contributed by atoms with van der Waals surface area (Å²) in [6.07, 6.45) is 0. The number of thiophene rings is 1. The summed E-state index contributed by atoms with van der Waals surface area (Å²) in [6, 6.07) is 7.84. The summed E-state index contributed by atoms with van der Waals surface area (Å²) < 4.78 is 1.01. The zero-order valence-electron chi connectivity index (χ0n) is 10.0. The normalized spacial score (nSPS) is 10.6. The van der Waals surface area contributed by atoms with E-state index in [4.69, 9.17) is 0 Å². The van der Waals surface area contributed by atoms with Gasteiger partial charge >= 0.3 is 0 Å². The van der Waals surface area contributed by atoms with E-state index in [0.29, 0.717) is 0 Å². The standard InChI is InChI=1S/C14H13BrOS/c1-8-4-5-11(9(2)6-8)14(16)13-7-12(15)10(3)17-13/h4-7H,1-3H3. The van der Waals surface area contributed by atoms with Gasteiger partial charge in [0, 0.05) is 14.9 Å². The zero-order chi connectivity index (χ0) is 12.6. The maximum Gasteiger partial charge on any atom is 0.203 e. The van der Waals surface area contributed by atoms with Crippen molar-refractivity contribution in [2.45, 2.75) is 20.8 Å². The molecule has 0 atom stereocenters. The minimum Gasteiger partial charge on any atom is -0.288 e. The molecule has 17 heavy (non-hydrogen) atoms. The van der Waals surface area contributed by atoms with E-state index >= 15 is 0 Å². The van der Waals surface area contributed by atoms with E-state index in [1.807, 2.05) is 45.0 Å². The largest absolute Gasteiger partial charge is 0.288 e. The number of hydrogen-bond acceptors (Lipinski definition) is 2. The summed E-state index contributed by atoms with van der Waals surface area (Å²) in [4.78, 5) is 14.3. The summed E-state index contributed by atoms with van der Waals surface area (Å²) in [5.41, 5.74) is 3.02. The highest BCUT2D eigenvalue weighted by Gasteiger charge is 2.15. The third-order valence-electron chi connectivity index (χ3n) is 2.71. The monoisotopic (exact) mass is 308 g/mol. The number of carbonyl (C=O) groups excluding carboxylic acids is 1. The molecule has 0 aliphatic rings. The summed E-state index contributed by atoms with van der Waals surface area (Å²) in [6.45, 7) is 6.02. The fourth-order valence-electron chi connectivity index (χ4n) is 1.77. The van der Waals surface area contributed by atoms with E-state index in [1.54, 1.807) is 0 Å². The van der Waals surface area contributed by atoms with Gasteiger partial charge in [0.25, 0.3) is 0 Å². The van der Waals surface area contributed by atoms with Crippen molar-refractivity contribution in [3.63, 3.8) is 0 Å². The number of hydrogen-bond donors (Lipinski definition) is 0. The van der Waals surface area contributed by atoms with Crippen molar-refractivity contribution in [3.8, 4) is 0 Å². The predicted octanol–water partition coefficient (Wildman–Crippen LogP) is 4.67. The number of rotatable bonds is 2. The number of ketones is 1. The van der Waals surface area contributed by atoms with E-state index < -0.39 is 0 Å². The van der Waals surface area contributed by atoms with Gasteiger partial charge < -0.3 is 0 Å². The van der Waals surface area contributed by atoms with Crippen LogP contribution in [0.1, 0.15) is 31.2 Å². The van der Waals surface area contributed by atoms with Gasteiger partial charge in [0.2, 0.25) is 5.78 Å². The quantitative estimate of drug-likeness (QED) is 0.737. The zero-order valence-corrected chi connectivity index (χ0v) is 12.4. The molecule has 0 N–H and O–H groups in total. The third-order valence-corrected chi connectivity index (χ3v) is 4.84. The van der Waals surface area contributed by atoms with Crippen molar-refractivity contribution in [1.29, 1.82) is 0 Å². The molecule has 2 rings (SSSR count). The van der Waals surface area contributed by atoms with Crippen LogP contribution in [0, 0.1) is 20.8 Å². The van der Waals surface area contributed by atoms with Gasteiger partial charge in [-0.2, -0.15) is 0 Å². The summed E-state index contributed by atoms with van der Waals surface area (Å²) in [7, 11) is 0. The van der Waals surface area contributed by atoms with Crippen molar-refractivity contribution in [2.24, 2.45) is 0 Å². The van der Waals surface area contributed by atoms with Crippen LogP contribution in [0.15, 0.2) is 28.7 Å². The van der Waals surface area contributed by atoms with E-state index in [-0.39, 0.29) is 5.78 Å². The Bertz CT molecular complexity index is 564. The molecule has 0 amide bonds. The molecule has 0 radical (unpaired) electrons. The molecule has 0 aliphatic heterocycles. The van der Waals surface area contributed by atoms with E-state index in [9.17, 15) is 4.79 Å². The van der Waals surface area contributed by atoms with Gasteiger partial charge in [-0.05, 0) is 48.3 Å². The molecule has 1 heterocycles. The Morgan fingerprint density at radius 2 is 1.88 bits per heavy atom. The summed E-state index contributed by atoms with van der Waals surface area (Å²) >= 11 is 4.98. The topological polar surface area (TPSA) is 17.1 Å². The van der Waals surface area contributed by atoms with Crippen molar-refractivity contribution in [1.82, 2.24) is 0 Å². The lowest BCUT2D eigenvalue weighted by atomic mass is 10.0. The molecule has 88 valence electrons. The van der Waals surface area contributed by atoms with Crippen molar-refractivity contribution in [3.05, 3.63) is 55.2 Å². The first-order chi connectivity index (χ1) is 7.99. The maximum absolute atomic E-state index is 12.3. The Morgan fingerprint density at radius 1 is 1.18 bits per heavy atom. The van der Waals surface area contributed by atoms with Crippen LogP contribution in [0.4, 0.5) is 0 Å². The lowest BCUT2D eigenvalue weighted by molar-refractivity contribution is 0.104. The second-order valence-corrected chi connectivity index (χ2v) is 6.27. The van der Waals surface area contributed by atoms with Crippen LogP contribution in [0.5, 0.6) is 0 Å². The van der Waals surface area contributed by atoms with Gasteiger partial charge in [0.05, 0.1) is 4.88 Å². The minimum absolute atomic E-state index is 0.112. The lowest BCUT2D eigenvalue weighted by Gasteiger charge is -2.04. The highest BCUT2D eigenvalue weighted by molar-refractivity contribution is 9.10. The van der Waals surface area contributed by atoms with Crippen LogP contribution in [-0.2, 0) is 0 Å². The minimum atomic E-state index is 0.112. The van der Waals surface area contributed by atoms with Gasteiger partial charge in [-0.3, -0.25) is 4.79 Å². The van der Waals surface area contributed by atoms with Crippen LogP contribution in [0.25, 0.3) is 0 Å². The molecule has 3 heteroatoms. The summed E-state index contributed by atoms with van der Waals surface area (Å²) in [5, 5.41) is 0. The molecule has 1 aromatic carbocycles. The first kappa shape index (κ1) is 12.5. The van der Waals surface area contributed by atoms with E-state index in [1.165, 1.54) is 16.9 Å². The fourth-order valence-corrected chi connectivity index (χ4v) is 3.26. The number of halogens is 1. The first-order valence-electron chi connectivity index (χ1n) is 5.37. The van der Waals surface area contributed by atoms with Crippen LogP contribution in [0.2, 0.25) is 0 Å². The molecule has 0 saturated heterocycles. The molecular weight excluding hydrogens is 296 g/mol. The lowest BCUT2D eigenvalue weighted by Crippen LogP contribution is -2.01. The summed E-state index contributed by atoms with van der Waals surface area (Å²) in [5.74, 6) is 0.112. The number of carbonyl (C=O) groups is 1. The fraction of sp³-hybridized carbons (Fsp3) is 0.214. The molecule has 2 aromatic rings. The van der Waals surface area contributed by atoms with Crippen LogP contribution in [-0.4, -0.2) is 5.78 Å². The Labute approximate surface area is 114 Å². The number of aryl methyl sites for hydroxylation is 3. The first-order valence-corrected chi connectivity index (χ1v) is 6.98. The molecule has 0 fully saturated rings. The van der Waals surface area contributed by atoms with Crippen LogP contribution in [0.3, 0.4) is 0 Å². The molecular formula is C14H13BrOS. The third kappa shape index (κ3) is 2.50. The van der Waals surface area contributed by atoms with Crippen LogP contribution < -0.4 is 0 Å². The number of benzene rings is 1. The second-order valence-electron chi connectivity index (χ2n) is 4.16. The van der Waals surface area contributed by atoms with Gasteiger partial charge in [-0.1, -0.05) is 23.8 Å². The van der Waals surface area contributed by atoms with E-state index in [0.717, 1.165) is 25.4 Å². The molecule has 1 aromatic heterocycles. The van der Waals surface area contributed by atoms with Gasteiger partial charge in [0.15, 0.2) is 0 Å². The SMILES string of the molecule is Cc1ccc(C(=O)c2cc(Br)c(C)s2)c(C)c1. The Hall–Kier alpha value is -0.930. The predicted molar refractivity (Wildman–Crippen MR) is 76.1 cm³/mol. The smallest absolute Gasteiger partial charge is 0.203 e. The van der Waals surface area contributed by atoms with Gasteiger partial charge in [-0.25, -0.2) is 0 Å². The highest BCUT2D eigenvalue weighted by atomic mass is 79.9. The van der Waals surface area contributed by atoms with Crippen molar-refractivity contribution in [2.75, 3.05) is 0 Å². The van der Waals surface area contributed by atoms with Crippen molar-refractivity contribution < 1.29 is 4.79 Å². The van der Waals surface area contributed by atoms with Crippen LogP contribution >= 0.6 is 27.3 Å². The Morgan fingerprint density at radius 3 is 2.41 bits per heavy atom. The molecule has 0 bridgehead atoms. The molecule has 0 unspecified atom stereocenters. The van der Waals surface area contributed by atoms with Crippen molar-refractivity contribution >= 4 is 33.0 Å². The molecule has 0 spiro atoms. The second kappa shape index (κ2) is 4.75. The molecule has 0 saturated carbocycles.